The summed E-state index contributed by atoms with van der Waals surface area (Å²) in [6.45, 7) is -0.0348. The van der Waals surface area contributed by atoms with Crippen molar-refractivity contribution in [3.8, 4) is 5.75 Å². The van der Waals surface area contributed by atoms with Crippen LogP contribution in [0.2, 0.25) is 0 Å². The molecule has 0 unspecified atom stereocenters. The summed E-state index contributed by atoms with van der Waals surface area (Å²) in [5.41, 5.74) is 6.63. The summed E-state index contributed by atoms with van der Waals surface area (Å²) in [5.74, 6) is 0.855. The third-order valence-corrected chi connectivity index (χ3v) is 2.31. The van der Waals surface area contributed by atoms with Gasteiger partial charge in [0.1, 0.15) is 5.75 Å². The van der Waals surface area contributed by atoms with Crippen LogP contribution in [0.1, 0.15) is 24.4 Å². The van der Waals surface area contributed by atoms with Gasteiger partial charge >= 0.3 is 0 Å². The molecule has 1 aliphatic carbocycles. The van der Waals surface area contributed by atoms with Gasteiger partial charge in [0.25, 0.3) is 0 Å². The van der Waals surface area contributed by atoms with Crippen LogP contribution in [0.15, 0.2) is 24.3 Å². The maximum absolute atomic E-state index is 8.91. The van der Waals surface area contributed by atoms with Crippen molar-refractivity contribution in [3.63, 3.8) is 0 Å². The lowest BCUT2D eigenvalue weighted by Gasteiger charge is -2.10. The number of hydrogen-bond acceptors (Lipinski definition) is 3. The average molecular weight is 193 g/mol. The van der Waals surface area contributed by atoms with E-state index in [1.807, 2.05) is 24.3 Å². The van der Waals surface area contributed by atoms with Crippen LogP contribution in [0.4, 0.5) is 0 Å². The Hall–Kier alpha value is -1.06. The molecule has 76 valence electrons. The first-order valence-electron chi connectivity index (χ1n) is 4.92. The van der Waals surface area contributed by atoms with Gasteiger partial charge in [-0.15, -0.1) is 0 Å². The van der Waals surface area contributed by atoms with E-state index in [9.17, 15) is 0 Å². The van der Waals surface area contributed by atoms with Crippen molar-refractivity contribution >= 4 is 0 Å². The summed E-state index contributed by atoms with van der Waals surface area (Å²) in [4.78, 5) is 0. The number of rotatable bonds is 4. The molecule has 3 nitrogen and oxygen atoms in total. The Bertz CT molecular complexity index is 310. The fourth-order valence-corrected chi connectivity index (χ4v) is 1.30. The van der Waals surface area contributed by atoms with Gasteiger partial charge in [0.05, 0.1) is 18.8 Å². The summed E-state index contributed by atoms with van der Waals surface area (Å²) in [5, 5.41) is 8.91. The van der Waals surface area contributed by atoms with Crippen LogP contribution in [0.3, 0.4) is 0 Å². The summed E-state index contributed by atoms with van der Waals surface area (Å²) >= 11 is 0. The second kappa shape index (κ2) is 3.98. The molecule has 1 saturated carbocycles. The lowest BCUT2D eigenvalue weighted by molar-refractivity contribution is 0.267. The molecule has 0 aliphatic heterocycles. The van der Waals surface area contributed by atoms with Gasteiger partial charge in [-0.1, -0.05) is 12.1 Å². The van der Waals surface area contributed by atoms with Crippen molar-refractivity contribution in [2.75, 3.05) is 6.61 Å². The number of hydrogen-bond donors (Lipinski definition) is 2. The molecule has 0 bridgehead atoms. The van der Waals surface area contributed by atoms with Gasteiger partial charge in [-0.2, -0.15) is 0 Å². The third-order valence-electron chi connectivity index (χ3n) is 2.31. The number of aliphatic hydroxyl groups excluding tert-OH is 1. The Morgan fingerprint density at radius 2 is 2.29 bits per heavy atom. The summed E-state index contributed by atoms with van der Waals surface area (Å²) in [7, 11) is 0. The minimum Gasteiger partial charge on any atom is -0.490 e. The molecule has 0 spiro atoms. The molecule has 1 fully saturated rings. The molecule has 1 atom stereocenters. The topological polar surface area (TPSA) is 55.5 Å². The van der Waals surface area contributed by atoms with Crippen molar-refractivity contribution in [2.45, 2.75) is 25.0 Å². The Balaban J connectivity index is 2.08. The van der Waals surface area contributed by atoms with Crippen LogP contribution in [0.25, 0.3) is 0 Å². The highest BCUT2D eigenvalue weighted by atomic mass is 16.5. The molecular formula is C11H15NO2. The van der Waals surface area contributed by atoms with E-state index in [4.69, 9.17) is 15.6 Å². The van der Waals surface area contributed by atoms with Crippen LogP contribution >= 0.6 is 0 Å². The van der Waals surface area contributed by atoms with Gasteiger partial charge < -0.3 is 15.6 Å². The van der Waals surface area contributed by atoms with Crippen molar-refractivity contribution in [1.29, 1.82) is 0 Å². The quantitative estimate of drug-likeness (QED) is 0.756. The highest BCUT2D eigenvalue weighted by molar-refractivity contribution is 5.30. The van der Waals surface area contributed by atoms with E-state index in [-0.39, 0.29) is 12.6 Å². The Kier molecular flexibility index (Phi) is 2.70. The summed E-state index contributed by atoms with van der Waals surface area (Å²) in [6.07, 6.45) is 2.70. The fraction of sp³-hybridized carbons (Fsp3) is 0.455. The molecule has 0 amide bonds. The summed E-state index contributed by atoms with van der Waals surface area (Å²) < 4.78 is 5.62. The second-order valence-corrected chi connectivity index (χ2v) is 3.68. The van der Waals surface area contributed by atoms with E-state index in [0.717, 1.165) is 24.2 Å². The van der Waals surface area contributed by atoms with E-state index in [1.165, 1.54) is 0 Å². The maximum atomic E-state index is 8.91. The zero-order chi connectivity index (χ0) is 9.97. The molecule has 1 aromatic rings. The van der Waals surface area contributed by atoms with Gasteiger partial charge in [-0.05, 0) is 30.5 Å². The Labute approximate surface area is 83.5 Å². The zero-order valence-electron chi connectivity index (χ0n) is 8.02. The molecule has 0 radical (unpaired) electrons. The predicted molar refractivity (Wildman–Crippen MR) is 54.1 cm³/mol. The van der Waals surface area contributed by atoms with E-state index in [0.29, 0.717) is 6.10 Å². The molecule has 3 heteroatoms. The van der Waals surface area contributed by atoms with E-state index in [2.05, 4.69) is 0 Å². The molecular weight excluding hydrogens is 178 g/mol. The monoisotopic (exact) mass is 193 g/mol. The minimum atomic E-state index is -0.308. The number of aliphatic hydroxyl groups is 1. The molecule has 0 heterocycles. The average Bonchev–Trinajstić information content (AvgIpc) is 3.01. The first-order valence-corrected chi connectivity index (χ1v) is 4.92. The van der Waals surface area contributed by atoms with Gasteiger partial charge in [0.2, 0.25) is 0 Å². The van der Waals surface area contributed by atoms with Crippen LogP contribution in [0.5, 0.6) is 5.75 Å². The van der Waals surface area contributed by atoms with Gasteiger partial charge in [0.15, 0.2) is 0 Å². The van der Waals surface area contributed by atoms with E-state index < -0.39 is 0 Å². The molecule has 0 aromatic heterocycles. The van der Waals surface area contributed by atoms with Crippen LogP contribution in [-0.4, -0.2) is 17.8 Å². The summed E-state index contributed by atoms with van der Waals surface area (Å²) in [6, 6.07) is 7.33. The van der Waals surface area contributed by atoms with Crippen molar-refractivity contribution in [3.05, 3.63) is 29.8 Å². The number of benzene rings is 1. The van der Waals surface area contributed by atoms with Crippen LogP contribution < -0.4 is 10.5 Å². The van der Waals surface area contributed by atoms with Gasteiger partial charge in [0, 0.05) is 0 Å². The van der Waals surface area contributed by atoms with E-state index in [1.54, 1.807) is 0 Å². The van der Waals surface area contributed by atoms with Crippen LogP contribution in [-0.2, 0) is 0 Å². The van der Waals surface area contributed by atoms with Crippen molar-refractivity contribution in [2.24, 2.45) is 5.73 Å². The van der Waals surface area contributed by atoms with Crippen LogP contribution in [0, 0.1) is 0 Å². The number of nitrogens with two attached hydrogens (primary N) is 1. The third kappa shape index (κ3) is 2.25. The van der Waals surface area contributed by atoms with E-state index >= 15 is 0 Å². The molecule has 1 aromatic carbocycles. The van der Waals surface area contributed by atoms with Gasteiger partial charge in [-0.25, -0.2) is 0 Å². The predicted octanol–water partition coefficient (Wildman–Crippen LogP) is 1.22. The second-order valence-electron chi connectivity index (χ2n) is 3.68. The minimum absolute atomic E-state index is 0.0348. The molecule has 14 heavy (non-hydrogen) atoms. The standard InChI is InChI=1S/C11H15NO2/c12-11(7-13)8-2-1-3-10(6-8)14-9-4-5-9/h1-3,6,9,11,13H,4-5,7,12H2/t11-/m1/s1. The highest BCUT2D eigenvalue weighted by Crippen LogP contribution is 2.27. The lowest BCUT2D eigenvalue weighted by Crippen LogP contribution is -2.14. The van der Waals surface area contributed by atoms with Gasteiger partial charge in [-0.3, -0.25) is 0 Å². The lowest BCUT2D eigenvalue weighted by atomic mass is 10.1. The first-order chi connectivity index (χ1) is 6.79. The molecule has 3 N–H and O–H groups in total. The smallest absolute Gasteiger partial charge is 0.120 e. The highest BCUT2D eigenvalue weighted by Gasteiger charge is 2.23. The Morgan fingerprint density at radius 3 is 2.93 bits per heavy atom. The molecule has 0 saturated heterocycles. The van der Waals surface area contributed by atoms with Crippen molar-refractivity contribution < 1.29 is 9.84 Å². The molecule has 2 rings (SSSR count). The fourth-order valence-electron chi connectivity index (χ4n) is 1.30. The normalized spacial score (nSPS) is 17.9. The molecule has 1 aliphatic rings. The van der Waals surface area contributed by atoms with Crippen molar-refractivity contribution in [1.82, 2.24) is 0 Å². The number of ether oxygens (including phenoxy) is 1. The zero-order valence-corrected chi connectivity index (χ0v) is 8.02. The Morgan fingerprint density at radius 1 is 1.50 bits per heavy atom. The largest absolute Gasteiger partial charge is 0.490 e. The SMILES string of the molecule is N[C@H](CO)c1cccc(OC2CC2)c1. The maximum Gasteiger partial charge on any atom is 0.120 e. The first kappa shape index (κ1) is 9.49.